The molecule has 5 rings (SSSR count). The second-order valence-electron chi connectivity index (χ2n) is 8.45. The van der Waals surface area contributed by atoms with E-state index in [4.69, 9.17) is 28.3 Å². The van der Waals surface area contributed by atoms with Crippen LogP contribution in [-0.2, 0) is 19.4 Å². The largest absolute Gasteiger partial charge is 0.376 e. The number of rotatable bonds is 3. The minimum absolute atomic E-state index is 0.445. The summed E-state index contributed by atoms with van der Waals surface area (Å²) in [6.45, 7) is 5.45. The van der Waals surface area contributed by atoms with Crippen LogP contribution >= 0.6 is 23.2 Å². The monoisotopic (exact) mass is 504 g/mol. The van der Waals surface area contributed by atoms with Crippen molar-refractivity contribution in [1.82, 2.24) is 20.1 Å². The highest BCUT2D eigenvalue weighted by Crippen LogP contribution is 2.38. The van der Waals surface area contributed by atoms with Crippen LogP contribution in [0.3, 0.4) is 0 Å². The van der Waals surface area contributed by atoms with Gasteiger partial charge in [-0.2, -0.15) is 5.10 Å². The molecule has 8 heteroatoms. The minimum atomic E-state index is 0.445. The molecule has 0 saturated carbocycles. The number of nitrogens with one attached hydrogen (secondary N) is 2. The zero-order valence-electron chi connectivity index (χ0n) is 19.6. The van der Waals surface area contributed by atoms with Gasteiger partial charge in [0.05, 0.1) is 45.5 Å². The summed E-state index contributed by atoms with van der Waals surface area (Å²) in [6.07, 6.45) is 8.42. The van der Waals surface area contributed by atoms with Crippen LogP contribution in [0.25, 0.3) is 27.8 Å². The zero-order valence-corrected chi connectivity index (χ0v) is 21.2. The maximum atomic E-state index is 6.52. The van der Waals surface area contributed by atoms with Gasteiger partial charge in [-0.3, -0.25) is 4.99 Å². The molecule has 2 N–H and O–H groups in total. The van der Waals surface area contributed by atoms with Crippen LogP contribution in [0.2, 0.25) is 5.02 Å². The summed E-state index contributed by atoms with van der Waals surface area (Å²) in [5, 5.41) is 10.6. The number of fused-ring (bicyclic) bond motifs is 2. The molecule has 0 unspecified atom stereocenters. The van der Waals surface area contributed by atoms with Gasteiger partial charge in [-0.15, -0.1) is 0 Å². The lowest BCUT2D eigenvalue weighted by Gasteiger charge is -2.16. The molecule has 0 amide bonds. The van der Waals surface area contributed by atoms with Crippen molar-refractivity contribution < 1.29 is 0 Å². The Morgan fingerprint density at radius 2 is 2.00 bits per heavy atom. The highest BCUT2D eigenvalue weighted by atomic mass is 35.5. The molecule has 0 radical (unpaired) electrons. The third kappa shape index (κ3) is 4.51. The summed E-state index contributed by atoms with van der Waals surface area (Å²) in [5.74, 6) is 0. The van der Waals surface area contributed by atoms with Crippen LogP contribution in [0.1, 0.15) is 29.3 Å². The number of aromatic amines is 1. The summed E-state index contributed by atoms with van der Waals surface area (Å²) in [4.78, 5) is 12.1. The second-order valence-corrected chi connectivity index (χ2v) is 9.29. The quantitative estimate of drug-likeness (QED) is 0.340. The molecule has 4 aromatic rings. The molecular formula is C27H26Cl2N6. The molecule has 0 atom stereocenters. The van der Waals surface area contributed by atoms with Crippen molar-refractivity contribution in [3.8, 4) is 16.9 Å². The van der Waals surface area contributed by atoms with Crippen LogP contribution in [-0.4, -0.2) is 33.9 Å². The predicted molar refractivity (Wildman–Crippen MR) is 146 cm³/mol. The number of hydrogen-bond donors (Lipinski definition) is 2. The van der Waals surface area contributed by atoms with Gasteiger partial charge in [-0.1, -0.05) is 54.4 Å². The van der Waals surface area contributed by atoms with Crippen molar-refractivity contribution in [3.63, 3.8) is 0 Å². The summed E-state index contributed by atoms with van der Waals surface area (Å²) in [7, 11) is 0. The van der Waals surface area contributed by atoms with Crippen LogP contribution in [0.4, 0.5) is 0 Å². The van der Waals surface area contributed by atoms with Crippen molar-refractivity contribution in [2.75, 3.05) is 6.54 Å². The molecule has 0 aliphatic carbocycles. The topological polar surface area (TPSA) is 70.4 Å². The average Bonchev–Trinajstić information content (AvgIpc) is 3.47. The molecule has 2 aromatic heterocycles. The highest BCUT2D eigenvalue weighted by Gasteiger charge is 2.24. The van der Waals surface area contributed by atoms with Gasteiger partial charge in [0.15, 0.2) is 0 Å². The van der Waals surface area contributed by atoms with Gasteiger partial charge in [0, 0.05) is 48.1 Å². The molecule has 35 heavy (non-hydrogen) atoms. The lowest BCUT2D eigenvalue weighted by molar-refractivity contribution is 0.788. The van der Waals surface area contributed by atoms with Crippen LogP contribution in [0, 0.1) is 6.92 Å². The minimum Gasteiger partial charge on any atom is -0.376 e. The first kappa shape index (κ1) is 23.4. The number of benzene rings is 2. The Balaban J connectivity index is 1.82. The molecule has 2 aromatic carbocycles. The van der Waals surface area contributed by atoms with Crippen molar-refractivity contribution in [2.24, 2.45) is 9.98 Å². The van der Waals surface area contributed by atoms with Gasteiger partial charge >= 0.3 is 0 Å². The van der Waals surface area contributed by atoms with Gasteiger partial charge in [-0.05, 0) is 36.6 Å². The third-order valence-electron chi connectivity index (χ3n) is 6.24. The van der Waals surface area contributed by atoms with Crippen LogP contribution in [0.15, 0.2) is 63.8 Å². The van der Waals surface area contributed by atoms with E-state index in [-0.39, 0.29) is 0 Å². The Morgan fingerprint density at radius 1 is 1.11 bits per heavy atom. The summed E-state index contributed by atoms with van der Waals surface area (Å²) >= 11 is 12.8. The van der Waals surface area contributed by atoms with Gasteiger partial charge in [0.2, 0.25) is 0 Å². The van der Waals surface area contributed by atoms with E-state index in [9.17, 15) is 0 Å². The number of para-hydroxylation sites is 1. The molecule has 1 aliphatic heterocycles. The number of allylic oxidation sites excluding steroid dienone is 1. The Bertz CT molecular complexity index is 1470. The van der Waals surface area contributed by atoms with Crippen molar-refractivity contribution >= 4 is 46.7 Å². The fourth-order valence-electron chi connectivity index (χ4n) is 4.61. The number of nitrogens with zero attached hydrogens (tertiary/aromatic N) is 4. The fourth-order valence-corrected chi connectivity index (χ4v) is 4.96. The number of hydrogen-bond acceptors (Lipinski definition) is 4. The smallest absolute Gasteiger partial charge is 0.0879 e. The molecule has 6 nitrogen and oxygen atoms in total. The van der Waals surface area contributed by atoms with Crippen LogP contribution < -0.4 is 5.32 Å². The molecule has 3 heterocycles. The van der Waals surface area contributed by atoms with Crippen LogP contribution in [0.5, 0.6) is 0 Å². The number of H-pyrrole nitrogens is 1. The van der Waals surface area contributed by atoms with E-state index in [0.717, 1.165) is 51.9 Å². The van der Waals surface area contributed by atoms with Crippen molar-refractivity contribution in [3.05, 3.63) is 81.2 Å². The average molecular weight is 505 g/mol. The molecule has 0 fully saturated rings. The lowest BCUT2D eigenvalue weighted by Crippen LogP contribution is -2.15. The zero-order chi connectivity index (χ0) is 24.4. The first-order chi connectivity index (χ1) is 17.1. The molecule has 178 valence electrons. The van der Waals surface area contributed by atoms with E-state index in [1.54, 1.807) is 18.8 Å². The Hall–Kier alpha value is -3.35. The highest BCUT2D eigenvalue weighted by molar-refractivity contribution is 6.39. The molecule has 1 aliphatic rings. The lowest BCUT2D eigenvalue weighted by atomic mass is 9.99. The first-order valence-corrected chi connectivity index (χ1v) is 12.4. The van der Waals surface area contributed by atoms with E-state index in [1.807, 2.05) is 12.3 Å². The second kappa shape index (κ2) is 10.1. The molecule has 0 spiro atoms. The maximum absolute atomic E-state index is 6.52. The van der Waals surface area contributed by atoms with Gasteiger partial charge in [0.1, 0.15) is 0 Å². The Kier molecular flexibility index (Phi) is 6.75. The standard InChI is InChI=1S/C27H26Cl2N6/c1-3-18-6-4-5-17(2)26(18)35-27(21-7-8-23(29)25-20(21)9-12-33-25)22-15-31-13-19(28)14-32-16-30-11-10-24(22)34-35/h4-9,12-14,16,33H,3,10-11,15H2,1-2H3,(H,30,32)/b19-14+,31-13-. The van der Waals surface area contributed by atoms with E-state index in [0.29, 0.717) is 23.1 Å². The number of aryl methyl sites for hydroxylation is 2. The van der Waals surface area contributed by atoms with E-state index in [2.05, 4.69) is 69.1 Å². The van der Waals surface area contributed by atoms with Crippen molar-refractivity contribution in [2.45, 2.75) is 33.2 Å². The Morgan fingerprint density at radius 3 is 2.86 bits per heavy atom. The van der Waals surface area contributed by atoms with E-state index < -0.39 is 0 Å². The fraction of sp³-hybridized carbons (Fsp3) is 0.222. The number of aromatic nitrogens is 3. The normalized spacial score (nSPS) is 17.5. The summed E-state index contributed by atoms with van der Waals surface area (Å²) in [6, 6.07) is 12.5. The number of halogens is 2. The van der Waals surface area contributed by atoms with E-state index in [1.165, 1.54) is 11.1 Å². The maximum Gasteiger partial charge on any atom is 0.0879 e. The van der Waals surface area contributed by atoms with E-state index >= 15 is 0 Å². The Labute approximate surface area is 214 Å². The van der Waals surface area contributed by atoms with Gasteiger partial charge in [-0.25, -0.2) is 9.67 Å². The third-order valence-corrected chi connectivity index (χ3v) is 6.75. The number of aliphatic imine (C=N–C) groups is 2. The SMILES string of the molecule is CCc1cccc(C)c1-n1nc2c(c1-c1ccc(Cl)c3[nH]ccc13)C\N=C/C(Cl)=C\N=C\NCC2. The predicted octanol–water partition coefficient (Wildman–Crippen LogP) is 6.37. The summed E-state index contributed by atoms with van der Waals surface area (Å²) < 4.78 is 2.11. The van der Waals surface area contributed by atoms with Gasteiger partial charge in [0.25, 0.3) is 0 Å². The molecule has 0 bridgehead atoms. The van der Waals surface area contributed by atoms with Crippen molar-refractivity contribution in [1.29, 1.82) is 0 Å². The molecular weight excluding hydrogens is 479 g/mol. The molecule has 0 saturated heterocycles. The van der Waals surface area contributed by atoms with Gasteiger partial charge < -0.3 is 10.3 Å². The summed E-state index contributed by atoms with van der Waals surface area (Å²) in [5.41, 5.74) is 8.56. The first-order valence-electron chi connectivity index (χ1n) is 11.6.